The van der Waals surface area contributed by atoms with E-state index in [0.29, 0.717) is 12.0 Å². The fourth-order valence-corrected chi connectivity index (χ4v) is 1.27. The van der Waals surface area contributed by atoms with Crippen molar-refractivity contribution in [3.63, 3.8) is 0 Å². The van der Waals surface area contributed by atoms with Crippen LogP contribution in [0.1, 0.15) is 48.5 Å². The van der Waals surface area contributed by atoms with Crippen LogP contribution < -0.4 is 10.6 Å². The standard InChI is InChI=1S/C13H28N2O2/c1-9(2)11(8-14-10(3)4)15-12(16)17-13(5,6)7/h9-11,14H,8H2,1-7H3,(H,15,16). The molecule has 0 bridgehead atoms. The van der Waals surface area contributed by atoms with E-state index in [1.165, 1.54) is 0 Å². The fraction of sp³-hybridized carbons (Fsp3) is 0.923. The molecule has 0 aromatic rings. The molecule has 0 aliphatic carbocycles. The molecule has 0 rings (SSSR count). The van der Waals surface area contributed by atoms with Gasteiger partial charge in [-0.15, -0.1) is 0 Å². The number of alkyl carbamates (subject to hydrolysis) is 1. The van der Waals surface area contributed by atoms with Gasteiger partial charge in [-0.1, -0.05) is 27.7 Å². The van der Waals surface area contributed by atoms with Gasteiger partial charge in [0.1, 0.15) is 5.60 Å². The maximum atomic E-state index is 11.7. The summed E-state index contributed by atoms with van der Waals surface area (Å²) >= 11 is 0. The third-order valence-corrected chi connectivity index (χ3v) is 2.25. The van der Waals surface area contributed by atoms with Crippen LogP contribution in [0, 0.1) is 5.92 Å². The van der Waals surface area contributed by atoms with Crippen molar-refractivity contribution >= 4 is 6.09 Å². The first-order valence-electron chi connectivity index (χ1n) is 6.34. The zero-order chi connectivity index (χ0) is 13.6. The van der Waals surface area contributed by atoms with Crippen LogP contribution in [0.2, 0.25) is 0 Å². The van der Waals surface area contributed by atoms with Crippen molar-refractivity contribution in [3.8, 4) is 0 Å². The minimum Gasteiger partial charge on any atom is -0.444 e. The molecular formula is C13H28N2O2. The Hall–Kier alpha value is -0.770. The maximum Gasteiger partial charge on any atom is 0.407 e. The number of hydrogen-bond donors (Lipinski definition) is 2. The fourth-order valence-electron chi connectivity index (χ4n) is 1.27. The summed E-state index contributed by atoms with van der Waals surface area (Å²) in [5.41, 5.74) is -0.447. The molecule has 0 aliphatic heterocycles. The van der Waals surface area contributed by atoms with Gasteiger partial charge in [0.2, 0.25) is 0 Å². The van der Waals surface area contributed by atoms with Crippen LogP contribution in [-0.4, -0.2) is 30.3 Å². The van der Waals surface area contributed by atoms with E-state index in [-0.39, 0.29) is 12.1 Å². The van der Waals surface area contributed by atoms with Gasteiger partial charge < -0.3 is 15.4 Å². The predicted molar refractivity (Wildman–Crippen MR) is 71.1 cm³/mol. The molecule has 0 saturated carbocycles. The van der Waals surface area contributed by atoms with Gasteiger partial charge in [0.25, 0.3) is 0 Å². The van der Waals surface area contributed by atoms with Crippen molar-refractivity contribution < 1.29 is 9.53 Å². The number of ether oxygens (including phenoxy) is 1. The number of carbonyl (C=O) groups is 1. The van der Waals surface area contributed by atoms with Gasteiger partial charge >= 0.3 is 6.09 Å². The summed E-state index contributed by atoms with van der Waals surface area (Å²) < 4.78 is 5.25. The van der Waals surface area contributed by atoms with Crippen LogP contribution in [0.15, 0.2) is 0 Å². The molecule has 102 valence electrons. The first-order chi connectivity index (χ1) is 7.61. The number of hydrogen-bond acceptors (Lipinski definition) is 3. The Labute approximate surface area is 105 Å². The summed E-state index contributed by atoms with van der Waals surface area (Å²) in [5, 5.41) is 6.23. The van der Waals surface area contributed by atoms with E-state index in [9.17, 15) is 4.79 Å². The van der Waals surface area contributed by atoms with E-state index in [1.54, 1.807) is 0 Å². The molecule has 1 atom stereocenters. The van der Waals surface area contributed by atoms with E-state index < -0.39 is 5.60 Å². The highest BCUT2D eigenvalue weighted by Gasteiger charge is 2.21. The monoisotopic (exact) mass is 244 g/mol. The van der Waals surface area contributed by atoms with E-state index >= 15 is 0 Å². The molecule has 0 aromatic heterocycles. The first kappa shape index (κ1) is 16.2. The molecule has 0 aliphatic rings. The third kappa shape index (κ3) is 8.98. The molecule has 0 aromatic carbocycles. The van der Waals surface area contributed by atoms with E-state index in [2.05, 4.69) is 38.3 Å². The largest absolute Gasteiger partial charge is 0.444 e. The average Bonchev–Trinajstić information content (AvgIpc) is 2.08. The molecule has 17 heavy (non-hydrogen) atoms. The normalized spacial score (nSPS) is 13.9. The van der Waals surface area contributed by atoms with Crippen molar-refractivity contribution in [2.24, 2.45) is 5.92 Å². The molecule has 0 saturated heterocycles. The Morgan fingerprint density at radius 2 is 1.71 bits per heavy atom. The minimum absolute atomic E-state index is 0.0900. The van der Waals surface area contributed by atoms with Gasteiger partial charge in [-0.05, 0) is 26.7 Å². The van der Waals surface area contributed by atoms with Gasteiger partial charge in [-0.3, -0.25) is 0 Å². The second-order valence-electron chi connectivity index (χ2n) is 6.06. The molecule has 0 heterocycles. The van der Waals surface area contributed by atoms with Crippen LogP contribution in [0.25, 0.3) is 0 Å². The highest BCUT2D eigenvalue weighted by Crippen LogP contribution is 2.08. The van der Waals surface area contributed by atoms with Gasteiger partial charge in [-0.2, -0.15) is 0 Å². The summed E-state index contributed by atoms with van der Waals surface area (Å²) in [6.45, 7) is 14.7. The lowest BCUT2D eigenvalue weighted by Gasteiger charge is -2.26. The Morgan fingerprint density at radius 1 is 1.18 bits per heavy atom. The second-order valence-corrected chi connectivity index (χ2v) is 6.06. The predicted octanol–water partition coefficient (Wildman–Crippen LogP) is 2.53. The molecule has 1 unspecified atom stereocenters. The van der Waals surface area contributed by atoms with Crippen LogP contribution in [-0.2, 0) is 4.74 Å². The van der Waals surface area contributed by atoms with Gasteiger partial charge in [-0.25, -0.2) is 4.79 Å². The lowest BCUT2D eigenvalue weighted by Crippen LogP contribution is -2.48. The van der Waals surface area contributed by atoms with Crippen molar-refractivity contribution in [1.82, 2.24) is 10.6 Å². The molecule has 0 spiro atoms. The van der Waals surface area contributed by atoms with Crippen LogP contribution in [0.4, 0.5) is 4.79 Å². The van der Waals surface area contributed by atoms with Crippen molar-refractivity contribution in [3.05, 3.63) is 0 Å². The van der Waals surface area contributed by atoms with E-state index in [4.69, 9.17) is 4.74 Å². The average molecular weight is 244 g/mol. The SMILES string of the molecule is CC(C)NCC(NC(=O)OC(C)(C)C)C(C)C. The Kier molecular flexibility index (Phi) is 6.53. The highest BCUT2D eigenvalue weighted by molar-refractivity contribution is 5.68. The van der Waals surface area contributed by atoms with Crippen LogP contribution in [0.3, 0.4) is 0 Å². The Balaban J connectivity index is 4.21. The summed E-state index contributed by atoms with van der Waals surface area (Å²) in [7, 11) is 0. The number of amides is 1. The molecule has 1 amide bonds. The molecule has 4 nitrogen and oxygen atoms in total. The topological polar surface area (TPSA) is 50.4 Å². The van der Waals surface area contributed by atoms with E-state index in [1.807, 2.05) is 20.8 Å². The molecule has 4 heteroatoms. The second kappa shape index (κ2) is 6.84. The Morgan fingerprint density at radius 3 is 2.06 bits per heavy atom. The number of rotatable bonds is 5. The Bertz CT molecular complexity index is 232. The highest BCUT2D eigenvalue weighted by atomic mass is 16.6. The molecular weight excluding hydrogens is 216 g/mol. The summed E-state index contributed by atoms with van der Waals surface area (Å²) in [5.74, 6) is 0.369. The van der Waals surface area contributed by atoms with E-state index in [0.717, 1.165) is 6.54 Å². The molecule has 0 fully saturated rings. The van der Waals surface area contributed by atoms with Gasteiger partial charge in [0.05, 0.1) is 0 Å². The third-order valence-electron chi connectivity index (χ3n) is 2.25. The van der Waals surface area contributed by atoms with Gasteiger partial charge in [0, 0.05) is 18.6 Å². The number of carbonyl (C=O) groups excluding carboxylic acids is 1. The lowest BCUT2D eigenvalue weighted by molar-refractivity contribution is 0.0489. The number of nitrogens with one attached hydrogen (secondary N) is 2. The molecule has 2 N–H and O–H groups in total. The smallest absolute Gasteiger partial charge is 0.407 e. The van der Waals surface area contributed by atoms with Crippen molar-refractivity contribution in [2.75, 3.05) is 6.54 Å². The summed E-state index contributed by atoms with van der Waals surface area (Å²) in [6.07, 6.45) is -0.346. The quantitative estimate of drug-likeness (QED) is 0.781. The maximum absolute atomic E-state index is 11.7. The summed E-state index contributed by atoms with van der Waals surface area (Å²) in [6, 6.07) is 0.504. The van der Waals surface area contributed by atoms with Gasteiger partial charge in [0.15, 0.2) is 0 Å². The van der Waals surface area contributed by atoms with Crippen LogP contribution >= 0.6 is 0 Å². The summed E-state index contributed by atoms with van der Waals surface area (Å²) in [4.78, 5) is 11.7. The van der Waals surface area contributed by atoms with Crippen LogP contribution in [0.5, 0.6) is 0 Å². The zero-order valence-electron chi connectivity index (χ0n) is 12.3. The lowest BCUT2D eigenvalue weighted by atomic mass is 10.0. The van der Waals surface area contributed by atoms with Crippen molar-refractivity contribution in [1.29, 1.82) is 0 Å². The first-order valence-corrected chi connectivity index (χ1v) is 6.34. The zero-order valence-corrected chi connectivity index (χ0v) is 12.3. The van der Waals surface area contributed by atoms with Crippen molar-refractivity contribution in [2.45, 2.75) is 66.2 Å². The minimum atomic E-state index is -0.447. The molecule has 0 radical (unpaired) electrons.